The number of anilines is 1. The van der Waals surface area contributed by atoms with E-state index in [0.29, 0.717) is 28.8 Å². The van der Waals surface area contributed by atoms with Crippen LogP contribution < -0.4 is 10.1 Å². The summed E-state index contributed by atoms with van der Waals surface area (Å²) in [5.41, 5.74) is 0.597. The molecule has 2 amide bonds. The Balaban J connectivity index is 1.29. The van der Waals surface area contributed by atoms with Gasteiger partial charge in [0.1, 0.15) is 18.1 Å². The monoisotopic (exact) mass is 575 g/mol. The van der Waals surface area contributed by atoms with Crippen LogP contribution in [0.1, 0.15) is 15.9 Å². The first-order valence-electron chi connectivity index (χ1n) is 13.3. The molecule has 1 saturated heterocycles. The molecule has 1 aliphatic rings. The van der Waals surface area contributed by atoms with E-state index in [-0.39, 0.29) is 37.7 Å². The largest absolute Gasteiger partial charge is 0.484 e. The van der Waals surface area contributed by atoms with Crippen molar-refractivity contribution in [1.29, 1.82) is 0 Å². The number of piperazine rings is 1. The van der Waals surface area contributed by atoms with Gasteiger partial charge in [-0.2, -0.15) is 13.2 Å². The molecule has 1 unspecified atom stereocenters. The number of carbonyl (C=O) groups excluding carboxylic acids is 3. The van der Waals surface area contributed by atoms with Gasteiger partial charge in [-0.25, -0.2) is 0 Å². The molecule has 0 aliphatic carbocycles. The summed E-state index contributed by atoms with van der Waals surface area (Å²) in [7, 11) is 1.62. The van der Waals surface area contributed by atoms with E-state index >= 15 is 0 Å². The summed E-state index contributed by atoms with van der Waals surface area (Å²) in [6, 6.07) is 22.0. The van der Waals surface area contributed by atoms with Crippen molar-refractivity contribution < 1.29 is 32.3 Å². The molecule has 1 heterocycles. The Morgan fingerprint density at radius 1 is 0.929 bits per heavy atom. The summed E-state index contributed by atoms with van der Waals surface area (Å²) >= 11 is 0. The van der Waals surface area contributed by atoms with E-state index in [0.717, 1.165) is 22.9 Å². The smallest absolute Gasteiger partial charge is 0.416 e. The lowest BCUT2D eigenvalue weighted by Crippen LogP contribution is -2.57. The van der Waals surface area contributed by atoms with Gasteiger partial charge in [0.25, 0.3) is 11.8 Å². The minimum atomic E-state index is -4.51. The van der Waals surface area contributed by atoms with Crippen LogP contribution in [-0.2, 0) is 15.8 Å². The van der Waals surface area contributed by atoms with Crippen molar-refractivity contribution in [2.45, 2.75) is 12.2 Å². The summed E-state index contributed by atoms with van der Waals surface area (Å²) < 4.78 is 45.5. The molecule has 42 heavy (non-hydrogen) atoms. The lowest BCUT2D eigenvalue weighted by molar-refractivity contribution is -0.138. The van der Waals surface area contributed by atoms with E-state index in [1.165, 1.54) is 28.0 Å². The van der Waals surface area contributed by atoms with Gasteiger partial charge in [-0.05, 0) is 58.3 Å². The molecule has 0 radical (unpaired) electrons. The molecule has 0 saturated carbocycles. The van der Waals surface area contributed by atoms with Crippen molar-refractivity contribution in [3.05, 3.63) is 96.1 Å². The molecule has 0 bridgehead atoms. The zero-order valence-electron chi connectivity index (χ0n) is 22.7. The van der Waals surface area contributed by atoms with Gasteiger partial charge in [-0.1, -0.05) is 48.5 Å². The van der Waals surface area contributed by atoms with E-state index < -0.39 is 23.7 Å². The zero-order valence-corrected chi connectivity index (χ0v) is 22.7. The standard InChI is InChI=1S/C32H28F3N3O4/c1-36-29-12-10-24(22-7-4-8-25(15-22)32(33,34)35)17-28(29)31(41)38-14-13-37(18-26(38)19-39)30(40)20-42-27-11-9-21-5-2-3-6-23(21)16-27/h2-12,15-17,19,26,36H,13-14,18,20H2,1H3. The molecule has 4 aromatic rings. The van der Waals surface area contributed by atoms with Crippen molar-refractivity contribution in [2.24, 2.45) is 0 Å². The fourth-order valence-corrected chi connectivity index (χ4v) is 5.05. The van der Waals surface area contributed by atoms with Crippen LogP contribution in [0.2, 0.25) is 0 Å². The van der Waals surface area contributed by atoms with Crippen LogP contribution >= 0.6 is 0 Å². The number of hydrogen-bond acceptors (Lipinski definition) is 5. The number of fused-ring (bicyclic) bond motifs is 1. The first-order chi connectivity index (χ1) is 20.2. The van der Waals surface area contributed by atoms with Crippen LogP contribution in [0.3, 0.4) is 0 Å². The lowest BCUT2D eigenvalue weighted by Gasteiger charge is -2.39. The van der Waals surface area contributed by atoms with Gasteiger partial charge in [0.05, 0.1) is 11.1 Å². The lowest BCUT2D eigenvalue weighted by atomic mass is 9.98. The predicted molar refractivity (Wildman–Crippen MR) is 153 cm³/mol. The van der Waals surface area contributed by atoms with E-state index in [9.17, 15) is 27.6 Å². The van der Waals surface area contributed by atoms with Gasteiger partial charge in [0.2, 0.25) is 0 Å². The number of ether oxygens (including phenoxy) is 1. The maximum Gasteiger partial charge on any atom is 0.416 e. The molecular weight excluding hydrogens is 547 g/mol. The van der Waals surface area contributed by atoms with Crippen molar-refractivity contribution in [3.63, 3.8) is 0 Å². The SMILES string of the molecule is CNc1ccc(-c2cccc(C(F)(F)F)c2)cc1C(=O)N1CCN(C(=O)COc2ccc3ccccc3c2)CC1C=O. The number of amides is 2. The second-order valence-corrected chi connectivity index (χ2v) is 9.93. The number of nitrogens with zero attached hydrogens (tertiary/aromatic N) is 2. The average molecular weight is 576 g/mol. The van der Waals surface area contributed by atoms with Crippen molar-refractivity contribution in [2.75, 3.05) is 38.6 Å². The molecule has 216 valence electrons. The first kappa shape index (κ1) is 28.7. The highest BCUT2D eigenvalue weighted by Gasteiger charge is 2.34. The number of alkyl halides is 3. The van der Waals surface area contributed by atoms with E-state index in [2.05, 4.69) is 5.32 Å². The molecular formula is C32H28F3N3O4. The Hall–Kier alpha value is -4.86. The molecule has 1 aliphatic heterocycles. The maximum absolute atomic E-state index is 13.7. The number of carbonyl (C=O) groups is 3. The van der Waals surface area contributed by atoms with Crippen LogP contribution in [0.5, 0.6) is 5.75 Å². The Morgan fingerprint density at radius 2 is 1.69 bits per heavy atom. The molecule has 7 nitrogen and oxygen atoms in total. The fourth-order valence-electron chi connectivity index (χ4n) is 5.05. The quantitative estimate of drug-likeness (QED) is 0.295. The normalized spacial score (nSPS) is 15.4. The molecule has 1 fully saturated rings. The highest BCUT2D eigenvalue weighted by molar-refractivity contribution is 6.02. The van der Waals surface area contributed by atoms with Gasteiger partial charge < -0.3 is 24.6 Å². The van der Waals surface area contributed by atoms with Gasteiger partial charge in [-0.3, -0.25) is 9.59 Å². The minimum Gasteiger partial charge on any atom is -0.484 e. The predicted octanol–water partition coefficient (Wildman–Crippen LogP) is 5.50. The Labute approximate surface area is 240 Å². The molecule has 0 spiro atoms. The van der Waals surface area contributed by atoms with Crippen LogP contribution in [0.15, 0.2) is 84.9 Å². The minimum absolute atomic E-state index is 0.00262. The number of rotatable bonds is 7. The highest BCUT2D eigenvalue weighted by atomic mass is 19.4. The summed E-state index contributed by atoms with van der Waals surface area (Å²) in [5, 5.41) is 4.97. The molecule has 4 aromatic carbocycles. The summed E-state index contributed by atoms with van der Waals surface area (Å²) in [4.78, 5) is 41.5. The van der Waals surface area contributed by atoms with Gasteiger partial charge in [0.15, 0.2) is 6.61 Å². The number of aldehydes is 1. The summed E-state index contributed by atoms with van der Waals surface area (Å²) in [6.45, 7) is 0.0667. The van der Waals surface area contributed by atoms with Crippen LogP contribution in [0.4, 0.5) is 18.9 Å². The Morgan fingerprint density at radius 3 is 2.43 bits per heavy atom. The van der Waals surface area contributed by atoms with E-state index in [1.54, 1.807) is 25.2 Å². The topological polar surface area (TPSA) is 79.0 Å². The number of benzene rings is 4. The van der Waals surface area contributed by atoms with Crippen LogP contribution in [-0.4, -0.2) is 67.2 Å². The second-order valence-electron chi connectivity index (χ2n) is 9.93. The average Bonchev–Trinajstić information content (AvgIpc) is 3.02. The Bertz CT molecular complexity index is 1640. The molecule has 5 rings (SSSR count). The molecule has 1 N–H and O–H groups in total. The third kappa shape index (κ3) is 6.07. The molecule has 0 aromatic heterocycles. The third-order valence-corrected chi connectivity index (χ3v) is 7.32. The first-order valence-corrected chi connectivity index (χ1v) is 13.3. The Kier molecular flexibility index (Phi) is 8.15. The number of halogens is 3. The van der Waals surface area contributed by atoms with Gasteiger partial charge >= 0.3 is 6.18 Å². The summed E-state index contributed by atoms with van der Waals surface area (Å²) in [5.74, 6) is -0.239. The molecule has 10 heteroatoms. The van der Waals surface area contributed by atoms with Crippen molar-refractivity contribution >= 4 is 34.6 Å². The van der Waals surface area contributed by atoms with Crippen molar-refractivity contribution in [1.82, 2.24) is 9.80 Å². The fraction of sp³-hybridized carbons (Fsp3) is 0.219. The number of hydrogen-bond donors (Lipinski definition) is 1. The maximum atomic E-state index is 13.7. The number of nitrogens with one attached hydrogen (secondary N) is 1. The van der Waals surface area contributed by atoms with Crippen LogP contribution in [0.25, 0.3) is 21.9 Å². The van der Waals surface area contributed by atoms with Crippen LogP contribution in [0, 0.1) is 0 Å². The van der Waals surface area contributed by atoms with Crippen molar-refractivity contribution in [3.8, 4) is 16.9 Å². The highest BCUT2D eigenvalue weighted by Crippen LogP contribution is 2.33. The molecule has 1 atom stereocenters. The summed E-state index contributed by atoms with van der Waals surface area (Å²) in [6.07, 6.45) is -3.88. The van der Waals surface area contributed by atoms with E-state index in [1.807, 2.05) is 36.4 Å². The zero-order chi connectivity index (χ0) is 29.9. The second kappa shape index (κ2) is 11.9. The third-order valence-electron chi connectivity index (χ3n) is 7.32. The van der Waals surface area contributed by atoms with Gasteiger partial charge in [0, 0.05) is 32.4 Å². The van der Waals surface area contributed by atoms with Gasteiger partial charge in [-0.15, -0.1) is 0 Å². The van der Waals surface area contributed by atoms with E-state index in [4.69, 9.17) is 4.74 Å².